The molecular formula is C24H20N4O4. The molecule has 0 aliphatic carbocycles. The third kappa shape index (κ3) is 3.61. The van der Waals surface area contributed by atoms with Gasteiger partial charge < -0.3 is 19.8 Å². The van der Waals surface area contributed by atoms with Crippen LogP contribution in [-0.2, 0) is 11.3 Å². The smallest absolute Gasteiger partial charge is 0.337 e. The zero-order valence-electron chi connectivity index (χ0n) is 17.5. The minimum absolute atomic E-state index is 0.0501. The summed E-state index contributed by atoms with van der Waals surface area (Å²) >= 11 is 0. The average Bonchev–Trinajstić information content (AvgIpc) is 2.81. The number of nitrogens with zero attached hydrogens (tertiary/aromatic N) is 3. The highest BCUT2D eigenvalue weighted by molar-refractivity contribution is 5.89. The van der Waals surface area contributed by atoms with Crippen molar-refractivity contribution in [2.45, 2.75) is 19.4 Å². The Morgan fingerprint density at radius 2 is 2.06 bits per heavy atom. The normalized spacial score (nSPS) is 14.8. The Labute approximate surface area is 184 Å². The summed E-state index contributed by atoms with van der Waals surface area (Å²) in [5.74, 6) is -0.947. The van der Waals surface area contributed by atoms with E-state index in [2.05, 4.69) is 11.1 Å². The van der Waals surface area contributed by atoms with Crippen LogP contribution < -0.4 is 16.0 Å². The third-order valence-electron chi connectivity index (χ3n) is 5.42. The van der Waals surface area contributed by atoms with Gasteiger partial charge in [0.1, 0.15) is 17.4 Å². The highest BCUT2D eigenvalue weighted by atomic mass is 16.5. The van der Waals surface area contributed by atoms with Crippen molar-refractivity contribution in [1.29, 1.82) is 5.26 Å². The van der Waals surface area contributed by atoms with Crippen LogP contribution in [0.4, 0.5) is 0 Å². The highest BCUT2D eigenvalue weighted by Gasteiger charge is 2.34. The summed E-state index contributed by atoms with van der Waals surface area (Å²) in [4.78, 5) is 29.5. The van der Waals surface area contributed by atoms with Crippen LogP contribution in [0, 0.1) is 18.3 Å². The van der Waals surface area contributed by atoms with Crippen molar-refractivity contribution in [1.82, 2.24) is 9.55 Å². The maximum absolute atomic E-state index is 13.6. The molecule has 2 N–H and O–H groups in total. The van der Waals surface area contributed by atoms with E-state index in [0.29, 0.717) is 34.7 Å². The van der Waals surface area contributed by atoms with E-state index in [0.717, 1.165) is 5.56 Å². The number of carbonyl (C=O) groups excluding carboxylic acids is 1. The molecule has 1 aromatic carbocycles. The van der Waals surface area contributed by atoms with Crippen LogP contribution in [0.25, 0.3) is 0 Å². The van der Waals surface area contributed by atoms with Gasteiger partial charge in [-0.25, -0.2) is 4.79 Å². The number of esters is 1. The number of nitriles is 1. The van der Waals surface area contributed by atoms with Crippen LogP contribution in [0.1, 0.15) is 38.7 Å². The molecule has 160 valence electrons. The van der Waals surface area contributed by atoms with Crippen molar-refractivity contribution >= 4 is 5.97 Å². The van der Waals surface area contributed by atoms with Crippen LogP contribution in [-0.4, -0.2) is 22.6 Å². The number of allylic oxidation sites excluding steroid dienone is 1. The molecular weight excluding hydrogens is 408 g/mol. The van der Waals surface area contributed by atoms with E-state index < -0.39 is 11.9 Å². The lowest BCUT2D eigenvalue weighted by molar-refractivity contribution is 0.0600. The standard InChI is InChI=1S/C24H20N4O4/c1-14-10-19-21(23(29)28(14)13-15-4-3-9-27-12-15)20(18(11-25)22(26)32-19)16-5-7-17(8-6-16)24(30)31-2/h3-10,12,20H,13,26H2,1-2H3/t20-/m1/s1. The summed E-state index contributed by atoms with van der Waals surface area (Å²) in [6.07, 6.45) is 3.37. The number of hydrogen-bond acceptors (Lipinski definition) is 7. The van der Waals surface area contributed by atoms with Gasteiger partial charge in [-0.3, -0.25) is 9.78 Å². The minimum atomic E-state index is -0.733. The number of carbonyl (C=O) groups is 1. The lowest BCUT2D eigenvalue weighted by Crippen LogP contribution is -2.33. The number of rotatable bonds is 4. The maximum Gasteiger partial charge on any atom is 0.337 e. The first-order valence-corrected chi connectivity index (χ1v) is 9.83. The number of ether oxygens (including phenoxy) is 2. The molecule has 0 spiro atoms. The fourth-order valence-electron chi connectivity index (χ4n) is 3.82. The molecule has 0 amide bonds. The first-order valence-electron chi connectivity index (χ1n) is 9.83. The lowest BCUT2D eigenvalue weighted by Gasteiger charge is -2.27. The van der Waals surface area contributed by atoms with Gasteiger partial charge in [0.15, 0.2) is 0 Å². The second kappa shape index (κ2) is 8.40. The number of nitrogens with two attached hydrogens (primary N) is 1. The van der Waals surface area contributed by atoms with E-state index >= 15 is 0 Å². The van der Waals surface area contributed by atoms with Crippen molar-refractivity contribution in [3.8, 4) is 11.8 Å². The van der Waals surface area contributed by atoms with Crippen LogP contribution >= 0.6 is 0 Å². The van der Waals surface area contributed by atoms with Crippen molar-refractivity contribution < 1.29 is 14.3 Å². The first-order chi connectivity index (χ1) is 15.4. The van der Waals surface area contributed by atoms with Crippen molar-refractivity contribution in [2.24, 2.45) is 5.73 Å². The summed E-state index contributed by atoms with van der Waals surface area (Å²) in [6, 6.07) is 14.1. The number of aromatic nitrogens is 2. The van der Waals surface area contributed by atoms with Gasteiger partial charge in [-0.15, -0.1) is 0 Å². The molecule has 1 atom stereocenters. The zero-order valence-corrected chi connectivity index (χ0v) is 17.5. The average molecular weight is 428 g/mol. The molecule has 3 aromatic rings. The van der Waals surface area contributed by atoms with E-state index in [-0.39, 0.29) is 17.0 Å². The Kier molecular flexibility index (Phi) is 5.48. The van der Waals surface area contributed by atoms with E-state index in [4.69, 9.17) is 15.2 Å². The Balaban J connectivity index is 1.88. The Hall–Kier alpha value is -4.38. The molecule has 4 rings (SSSR count). The summed E-state index contributed by atoms with van der Waals surface area (Å²) < 4.78 is 12.0. The van der Waals surface area contributed by atoms with Crippen molar-refractivity contribution in [3.05, 3.63) is 105 Å². The summed E-state index contributed by atoms with van der Waals surface area (Å²) in [7, 11) is 1.30. The molecule has 3 heterocycles. The third-order valence-corrected chi connectivity index (χ3v) is 5.42. The van der Waals surface area contributed by atoms with Crippen LogP contribution in [0.15, 0.2) is 71.1 Å². The highest BCUT2D eigenvalue weighted by Crippen LogP contribution is 2.40. The van der Waals surface area contributed by atoms with Crippen molar-refractivity contribution in [3.63, 3.8) is 0 Å². The molecule has 0 fully saturated rings. The van der Waals surface area contributed by atoms with Gasteiger partial charge in [0.2, 0.25) is 5.88 Å². The Morgan fingerprint density at radius 1 is 1.31 bits per heavy atom. The summed E-state index contributed by atoms with van der Waals surface area (Å²) in [6.45, 7) is 2.13. The minimum Gasteiger partial charge on any atom is -0.465 e. The molecule has 0 radical (unpaired) electrons. The molecule has 1 aliphatic rings. The number of aryl methyl sites for hydroxylation is 1. The number of benzene rings is 1. The second-order valence-corrected chi connectivity index (χ2v) is 7.35. The van der Waals surface area contributed by atoms with Crippen molar-refractivity contribution in [2.75, 3.05) is 7.11 Å². The zero-order chi connectivity index (χ0) is 22.8. The van der Waals surface area contributed by atoms with Gasteiger partial charge in [-0.05, 0) is 36.2 Å². The first kappa shape index (κ1) is 20.9. The SMILES string of the molecule is COC(=O)c1ccc([C@@H]2C(C#N)=C(N)Oc3cc(C)n(Cc4cccnc4)c(=O)c32)cc1. The van der Waals surface area contributed by atoms with Gasteiger partial charge >= 0.3 is 5.97 Å². The molecule has 0 unspecified atom stereocenters. The number of methoxy groups -OCH3 is 1. The number of hydrogen-bond donors (Lipinski definition) is 1. The monoisotopic (exact) mass is 428 g/mol. The van der Waals surface area contributed by atoms with E-state index in [9.17, 15) is 14.9 Å². The predicted octanol–water partition coefficient (Wildman–Crippen LogP) is 2.60. The maximum atomic E-state index is 13.6. The second-order valence-electron chi connectivity index (χ2n) is 7.35. The number of pyridine rings is 2. The lowest BCUT2D eigenvalue weighted by atomic mass is 9.83. The summed E-state index contributed by atoms with van der Waals surface area (Å²) in [5.41, 5.74) is 8.75. The molecule has 32 heavy (non-hydrogen) atoms. The number of fused-ring (bicyclic) bond motifs is 1. The van der Waals surface area contributed by atoms with Gasteiger partial charge in [0.25, 0.3) is 5.56 Å². The van der Waals surface area contributed by atoms with Gasteiger partial charge in [-0.1, -0.05) is 18.2 Å². The Bertz CT molecular complexity index is 1320. The Morgan fingerprint density at radius 3 is 2.69 bits per heavy atom. The molecule has 1 aliphatic heterocycles. The molecule has 0 saturated carbocycles. The fraction of sp³-hybridized carbons (Fsp3) is 0.167. The largest absolute Gasteiger partial charge is 0.465 e. The summed E-state index contributed by atoms with van der Waals surface area (Å²) in [5, 5.41) is 9.79. The van der Waals surface area contributed by atoms with Crippen LogP contribution in [0.3, 0.4) is 0 Å². The van der Waals surface area contributed by atoms with E-state index in [1.165, 1.54) is 7.11 Å². The molecule has 2 aromatic heterocycles. The van der Waals surface area contributed by atoms with E-state index in [1.54, 1.807) is 60.3 Å². The molecule has 0 bridgehead atoms. The predicted molar refractivity (Wildman–Crippen MR) is 116 cm³/mol. The van der Waals surface area contributed by atoms with Crippen LogP contribution in [0.2, 0.25) is 0 Å². The van der Waals surface area contributed by atoms with Gasteiger partial charge in [0, 0.05) is 24.2 Å². The topological polar surface area (TPSA) is 120 Å². The molecule has 8 heteroatoms. The van der Waals surface area contributed by atoms with Gasteiger partial charge in [-0.2, -0.15) is 5.26 Å². The quantitative estimate of drug-likeness (QED) is 0.634. The van der Waals surface area contributed by atoms with E-state index in [1.807, 2.05) is 6.07 Å². The van der Waals surface area contributed by atoms with Gasteiger partial charge in [0.05, 0.1) is 30.7 Å². The fourth-order valence-corrected chi connectivity index (χ4v) is 3.82. The molecule has 0 saturated heterocycles. The van der Waals surface area contributed by atoms with Crippen LogP contribution in [0.5, 0.6) is 5.75 Å². The molecule has 8 nitrogen and oxygen atoms in total.